The van der Waals surface area contributed by atoms with Crippen molar-refractivity contribution in [3.63, 3.8) is 0 Å². The molecule has 0 saturated carbocycles. The summed E-state index contributed by atoms with van der Waals surface area (Å²) in [5.74, 6) is -2.51. The lowest BCUT2D eigenvalue weighted by Crippen LogP contribution is -2.34. The van der Waals surface area contributed by atoms with Gasteiger partial charge in [0.25, 0.3) is 0 Å². The molecule has 0 spiro atoms. The number of ether oxygens (including phenoxy) is 2. The highest BCUT2D eigenvalue weighted by Gasteiger charge is 2.28. The summed E-state index contributed by atoms with van der Waals surface area (Å²) in [5.41, 5.74) is 5.31. The molecular weight excluding hydrogens is 693 g/mol. The van der Waals surface area contributed by atoms with E-state index in [1.54, 1.807) is 0 Å². The lowest BCUT2D eigenvalue weighted by molar-refractivity contribution is -0.161. The minimum Gasteiger partial charge on any atom is -0.480 e. The van der Waals surface area contributed by atoms with E-state index in [4.69, 9.17) is 24.8 Å². The molecule has 0 aliphatic rings. The zero-order chi connectivity index (χ0) is 38.9. The minimum absolute atomic E-state index is 0.0653. The maximum Gasteiger partial charge on any atom is 0.472 e. The highest BCUT2D eigenvalue weighted by Crippen LogP contribution is 2.43. The van der Waals surface area contributed by atoms with Crippen molar-refractivity contribution in [2.75, 3.05) is 19.8 Å². The number of unbranched alkanes of at least 4 members (excludes halogenated alkanes) is 17. The van der Waals surface area contributed by atoms with E-state index in [0.29, 0.717) is 25.7 Å². The monoisotopic (exact) mass is 765 g/mol. The predicted octanol–water partition coefficient (Wildman–Crippen LogP) is 7.67. The Bertz CT molecular complexity index is 982. The maximum atomic E-state index is 12.6. The number of aliphatic carboxylic acids is 1. The quantitative estimate of drug-likeness (QED) is 0.0178. The van der Waals surface area contributed by atoms with Gasteiger partial charge in [-0.25, -0.2) is 4.57 Å². The van der Waals surface area contributed by atoms with Gasteiger partial charge in [0.05, 0.1) is 25.4 Å². The molecule has 0 aromatic heterocycles. The summed E-state index contributed by atoms with van der Waals surface area (Å²) in [6.07, 6.45) is 23.1. The van der Waals surface area contributed by atoms with Gasteiger partial charge < -0.3 is 35.4 Å². The number of nitrogens with two attached hydrogens (primary N) is 1. The second-order valence-corrected chi connectivity index (χ2v) is 15.2. The number of phosphoric acid groups is 1. The zero-order valence-corrected chi connectivity index (χ0v) is 33.0. The Morgan fingerprint density at radius 1 is 0.654 bits per heavy atom. The van der Waals surface area contributed by atoms with Crippen LogP contribution in [0.4, 0.5) is 0 Å². The average Bonchev–Trinajstić information content (AvgIpc) is 3.11. The van der Waals surface area contributed by atoms with Crippen molar-refractivity contribution in [2.24, 2.45) is 5.73 Å². The van der Waals surface area contributed by atoms with Crippen LogP contribution in [-0.2, 0) is 37.5 Å². The third-order valence-electron chi connectivity index (χ3n) is 8.71. The van der Waals surface area contributed by atoms with Crippen LogP contribution in [0, 0.1) is 0 Å². The third-order valence-corrected chi connectivity index (χ3v) is 9.67. The first-order valence-electron chi connectivity index (χ1n) is 19.9. The van der Waals surface area contributed by atoms with Crippen LogP contribution in [0.5, 0.6) is 0 Å². The van der Waals surface area contributed by atoms with Gasteiger partial charge in [0.15, 0.2) is 6.10 Å². The number of carboxylic acid groups (broad SMARTS) is 1. The minimum atomic E-state index is -4.75. The van der Waals surface area contributed by atoms with Gasteiger partial charge in [0.2, 0.25) is 0 Å². The largest absolute Gasteiger partial charge is 0.480 e. The van der Waals surface area contributed by atoms with Gasteiger partial charge in [-0.2, -0.15) is 0 Å². The number of hydrogen-bond acceptors (Lipinski definition) is 11. The summed E-state index contributed by atoms with van der Waals surface area (Å²) in [7, 11) is -4.75. The Morgan fingerprint density at radius 2 is 1.15 bits per heavy atom. The number of hydrogen-bond donors (Lipinski definition) is 5. The summed E-state index contributed by atoms with van der Waals surface area (Å²) in [6, 6.07) is -1.54. The lowest BCUT2D eigenvalue weighted by atomic mass is 10.0. The fourth-order valence-corrected chi connectivity index (χ4v) is 6.16. The van der Waals surface area contributed by atoms with Gasteiger partial charge in [-0.1, -0.05) is 129 Å². The summed E-state index contributed by atoms with van der Waals surface area (Å²) in [6.45, 7) is 2.56. The first-order valence-corrected chi connectivity index (χ1v) is 21.4. The normalized spacial score (nSPS) is 15.2. The van der Waals surface area contributed by atoms with Gasteiger partial charge >= 0.3 is 25.7 Å². The topological polar surface area (TPSA) is 212 Å². The number of phosphoric ester groups is 1. The molecule has 0 saturated heterocycles. The Labute approximate surface area is 313 Å². The van der Waals surface area contributed by atoms with Crippen molar-refractivity contribution in [3.05, 3.63) is 12.2 Å². The van der Waals surface area contributed by atoms with Crippen LogP contribution in [0.25, 0.3) is 0 Å². The second kappa shape index (κ2) is 33.7. The molecule has 1 unspecified atom stereocenters. The zero-order valence-electron chi connectivity index (χ0n) is 32.1. The highest BCUT2D eigenvalue weighted by atomic mass is 31.2. The number of aliphatic hydroxyl groups is 2. The van der Waals surface area contributed by atoms with Crippen molar-refractivity contribution in [3.8, 4) is 0 Å². The van der Waals surface area contributed by atoms with E-state index in [-0.39, 0.29) is 19.4 Å². The van der Waals surface area contributed by atoms with E-state index in [1.165, 1.54) is 51.4 Å². The predicted molar refractivity (Wildman–Crippen MR) is 201 cm³/mol. The first-order chi connectivity index (χ1) is 24.9. The van der Waals surface area contributed by atoms with Crippen LogP contribution in [0.1, 0.15) is 168 Å². The number of rotatable bonds is 37. The van der Waals surface area contributed by atoms with Gasteiger partial charge in [-0.05, 0) is 38.5 Å². The summed E-state index contributed by atoms with van der Waals surface area (Å²) < 4.78 is 32.5. The molecule has 6 N–H and O–H groups in total. The van der Waals surface area contributed by atoms with E-state index in [0.717, 1.165) is 64.2 Å². The number of carbonyl (C=O) groups excluding carboxylic acids is 2. The standard InChI is InChI=1S/C38H72NO12P/c1-3-5-7-9-11-12-13-14-15-19-23-27-36(42)48-29-32(30-49-52(46,47)50-31-33(39)38(44)45)51-37(43)28-24-20-16-18-22-26-35(41)34(40)25-21-17-10-8-6-4-2/h17,21,32-35,40-41H,3-16,18-20,22-31,39H2,1-2H3,(H,44,45)(H,46,47)/b21-17-/t32-,33+,34+,35+/m1/s1. The number of carboxylic acids is 1. The average molecular weight is 766 g/mol. The third kappa shape index (κ3) is 31.6. The molecule has 306 valence electrons. The van der Waals surface area contributed by atoms with Crippen LogP contribution in [0.3, 0.4) is 0 Å². The fourth-order valence-electron chi connectivity index (χ4n) is 5.38. The molecule has 0 bridgehead atoms. The molecule has 14 heteroatoms. The molecule has 0 heterocycles. The van der Waals surface area contributed by atoms with E-state index < -0.39 is 63.3 Å². The Morgan fingerprint density at radius 3 is 1.73 bits per heavy atom. The Kier molecular flexibility index (Phi) is 32.5. The van der Waals surface area contributed by atoms with Crippen molar-refractivity contribution in [2.45, 2.75) is 192 Å². The van der Waals surface area contributed by atoms with E-state index in [2.05, 4.69) is 24.4 Å². The summed E-state index contributed by atoms with van der Waals surface area (Å²) in [5, 5.41) is 29.3. The van der Waals surface area contributed by atoms with E-state index in [9.17, 15) is 34.1 Å². The van der Waals surface area contributed by atoms with Gasteiger partial charge in [-0.3, -0.25) is 23.4 Å². The molecule has 13 nitrogen and oxygen atoms in total. The Balaban J connectivity index is 4.54. The smallest absolute Gasteiger partial charge is 0.472 e. The van der Waals surface area contributed by atoms with E-state index >= 15 is 0 Å². The van der Waals surface area contributed by atoms with Crippen LogP contribution >= 0.6 is 7.82 Å². The van der Waals surface area contributed by atoms with Crippen molar-refractivity contribution >= 4 is 25.7 Å². The molecule has 52 heavy (non-hydrogen) atoms. The second-order valence-electron chi connectivity index (χ2n) is 13.7. The fraction of sp³-hybridized carbons (Fsp3) is 0.868. The molecule has 0 aliphatic carbocycles. The van der Waals surface area contributed by atoms with Crippen LogP contribution < -0.4 is 5.73 Å². The number of esters is 2. The van der Waals surface area contributed by atoms with Crippen molar-refractivity contribution in [1.82, 2.24) is 0 Å². The Hall–Kier alpha value is -1.86. The molecule has 0 fully saturated rings. The number of allylic oxidation sites excluding steroid dienone is 1. The molecule has 0 aliphatic heterocycles. The molecular formula is C38H72NO12P. The molecule has 5 atom stereocenters. The maximum absolute atomic E-state index is 12.6. The number of carbonyl (C=O) groups is 3. The highest BCUT2D eigenvalue weighted by molar-refractivity contribution is 7.47. The van der Waals surface area contributed by atoms with Gasteiger partial charge in [0.1, 0.15) is 12.6 Å². The van der Waals surface area contributed by atoms with Gasteiger partial charge in [0, 0.05) is 12.8 Å². The summed E-state index contributed by atoms with van der Waals surface area (Å²) in [4.78, 5) is 45.8. The molecule has 0 aromatic carbocycles. The summed E-state index contributed by atoms with van der Waals surface area (Å²) >= 11 is 0. The first kappa shape index (κ1) is 50.1. The molecule has 0 rings (SSSR count). The number of aliphatic hydroxyl groups excluding tert-OH is 2. The van der Waals surface area contributed by atoms with Crippen LogP contribution in [0.2, 0.25) is 0 Å². The van der Waals surface area contributed by atoms with Crippen LogP contribution in [0.15, 0.2) is 12.2 Å². The van der Waals surface area contributed by atoms with Crippen molar-refractivity contribution < 1.29 is 57.7 Å². The SMILES string of the molecule is CCCCC/C=C\C[C@H](O)[C@@H](O)CCCCCCCC(=O)O[C@H](COC(=O)CCCCCCCCCCCCC)COP(=O)(O)OC[C@H](N)C(=O)O. The lowest BCUT2D eigenvalue weighted by Gasteiger charge is -2.20. The van der Waals surface area contributed by atoms with Gasteiger partial charge in [-0.15, -0.1) is 0 Å². The van der Waals surface area contributed by atoms with E-state index in [1.807, 2.05) is 6.08 Å². The molecule has 0 aromatic rings. The van der Waals surface area contributed by atoms with Crippen molar-refractivity contribution in [1.29, 1.82) is 0 Å². The van der Waals surface area contributed by atoms with Crippen LogP contribution in [-0.4, -0.2) is 82.3 Å². The molecule has 0 amide bonds. The molecule has 0 radical (unpaired) electrons.